The average molecular weight is 381 g/mol. The number of fused-ring (bicyclic) bond motifs is 1. The predicted octanol–water partition coefficient (Wildman–Crippen LogP) is 2.50. The van der Waals surface area contributed by atoms with Crippen molar-refractivity contribution in [2.24, 2.45) is 0 Å². The van der Waals surface area contributed by atoms with Crippen LogP contribution in [0.5, 0.6) is 11.5 Å². The second-order valence-electron chi connectivity index (χ2n) is 7.00. The molecule has 0 atom stereocenters. The van der Waals surface area contributed by atoms with Crippen LogP contribution in [0.4, 0.5) is 11.4 Å². The third-order valence-corrected chi connectivity index (χ3v) is 4.85. The molecule has 2 aromatic rings. The number of benzene rings is 2. The van der Waals surface area contributed by atoms with Gasteiger partial charge in [0.05, 0.1) is 12.2 Å². The topological polar surface area (TPSA) is 79.9 Å². The molecule has 2 aliphatic rings. The zero-order chi connectivity index (χ0) is 19.3. The Balaban J connectivity index is 1.24. The van der Waals surface area contributed by atoms with Gasteiger partial charge in [0.15, 0.2) is 6.61 Å². The SMILES string of the molecule is O=C(CN1CCC(Oc2ccccc2)CC1)Nc1ccc2c(c1)OCC(=O)N2. The van der Waals surface area contributed by atoms with Crippen LogP contribution in [0.15, 0.2) is 48.5 Å². The number of nitrogens with zero attached hydrogens (tertiary/aromatic N) is 1. The summed E-state index contributed by atoms with van der Waals surface area (Å²) in [6.45, 7) is 1.98. The Morgan fingerprint density at radius 2 is 1.96 bits per heavy atom. The van der Waals surface area contributed by atoms with E-state index in [1.54, 1.807) is 18.2 Å². The van der Waals surface area contributed by atoms with Crippen molar-refractivity contribution < 1.29 is 19.1 Å². The first-order chi connectivity index (χ1) is 13.7. The van der Waals surface area contributed by atoms with Gasteiger partial charge in [0.25, 0.3) is 5.91 Å². The lowest BCUT2D eigenvalue weighted by molar-refractivity contribution is -0.119. The van der Waals surface area contributed by atoms with Gasteiger partial charge in [-0.05, 0) is 37.1 Å². The first-order valence-electron chi connectivity index (χ1n) is 9.46. The molecular weight excluding hydrogens is 358 g/mol. The fourth-order valence-corrected chi connectivity index (χ4v) is 3.43. The van der Waals surface area contributed by atoms with Crippen LogP contribution in [0.25, 0.3) is 0 Å². The van der Waals surface area contributed by atoms with Crippen LogP contribution in [-0.4, -0.2) is 49.1 Å². The molecule has 4 rings (SSSR count). The Morgan fingerprint density at radius 1 is 1.18 bits per heavy atom. The number of carbonyl (C=O) groups excluding carboxylic acids is 2. The Bertz CT molecular complexity index is 848. The van der Waals surface area contributed by atoms with Gasteiger partial charge in [-0.25, -0.2) is 0 Å². The van der Waals surface area contributed by atoms with Crippen molar-refractivity contribution in [3.8, 4) is 11.5 Å². The van der Waals surface area contributed by atoms with Gasteiger partial charge in [0.2, 0.25) is 5.91 Å². The van der Waals surface area contributed by atoms with Crippen molar-refractivity contribution in [1.82, 2.24) is 4.90 Å². The number of carbonyl (C=O) groups is 2. The maximum absolute atomic E-state index is 12.4. The lowest BCUT2D eigenvalue weighted by atomic mass is 10.1. The van der Waals surface area contributed by atoms with Gasteiger partial charge in [-0.3, -0.25) is 14.5 Å². The van der Waals surface area contributed by atoms with Crippen LogP contribution in [-0.2, 0) is 9.59 Å². The van der Waals surface area contributed by atoms with Crippen LogP contribution >= 0.6 is 0 Å². The predicted molar refractivity (Wildman–Crippen MR) is 106 cm³/mol. The second kappa shape index (κ2) is 8.31. The normalized spacial score (nSPS) is 17.2. The minimum atomic E-state index is -0.177. The highest BCUT2D eigenvalue weighted by Gasteiger charge is 2.22. The fraction of sp³-hybridized carbons (Fsp3) is 0.333. The minimum Gasteiger partial charge on any atom is -0.490 e. The van der Waals surface area contributed by atoms with E-state index in [4.69, 9.17) is 9.47 Å². The van der Waals surface area contributed by atoms with Gasteiger partial charge in [-0.1, -0.05) is 18.2 Å². The van der Waals surface area contributed by atoms with Crippen molar-refractivity contribution in [1.29, 1.82) is 0 Å². The molecule has 146 valence electrons. The first kappa shape index (κ1) is 18.3. The highest BCUT2D eigenvalue weighted by molar-refractivity contribution is 5.97. The van der Waals surface area contributed by atoms with E-state index < -0.39 is 0 Å². The average Bonchev–Trinajstić information content (AvgIpc) is 2.70. The quantitative estimate of drug-likeness (QED) is 0.832. The molecule has 0 saturated carbocycles. The summed E-state index contributed by atoms with van der Waals surface area (Å²) in [5.41, 5.74) is 1.27. The molecule has 0 spiro atoms. The van der Waals surface area contributed by atoms with Crippen LogP contribution < -0.4 is 20.1 Å². The second-order valence-corrected chi connectivity index (χ2v) is 7.00. The molecule has 28 heavy (non-hydrogen) atoms. The lowest BCUT2D eigenvalue weighted by Gasteiger charge is -2.31. The molecule has 7 heteroatoms. The van der Waals surface area contributed by atoms with Gasteiger partial charge in [0.1, 0.15) is 17.6 Å². The molecule has 2 aliphatic heterocycles. The smallest absolute Gasteiger partial charge is 0.262 e. The monoisotopic (exact) mass is 381 g/mol. The fourth-order valence-electron chi connectivity index (χ4n) is 3.43. The van der Waals surface area contributed by atoms with E-state index in [0.29, 0.717) is 23.7 Å². The zero-order valence-corrected chi connectivity index (χ0v) is 15.5. The highest BCUT2D eigenvalue weighted by Crippen LogP contribution is 2.30. The molecule has 2 amide bonds. The molecule has 0 unspecified atom stereocenters. The lowest BCUT2D eigenvalue weighted by Crippen LogP contribution is -2.42. The molecular formula is C21H23N3O4. The van der Waals surface area contributed by atoms with Crippen LogP contribution in [0.1, 0.15) is 12.8 Å². The van der Waals surface area contributed by atoms with Crippen molar-refractivity contribution >= 4 is 23.2 Å². The Labute approximate surface area is 163 Å². The Kier molecular flexibility index (Phi) is 5.43. The van der Waals surface area contributed by atoms with Crippen molar-refractivity contribution in [3.05, 3.63) is 48.5 Å². The number of nitrogens with one attached hydrogen (secondary N) is 2. The zero-order valence-electron chi connectivity index (χ0n) is 15.5. The van der Waals surface area contributed by atoms with Crippen molar-refractivity contribution in [2.75, 3.05) is 36.9 Å². The molecule has 1 fully saturated rings. The third kappa shape index (κ3) is 4.61. The molecule has 0 aliphatic carbocycles. The number of likely N-dealkylation sites (tertiary alicyclic amines) is 1. The van der Waals surface area contributed by atoms with E-state index in [-0.39, 0.29) is 24.5 Å². The molecule has 0 radical (unpaired) electrons. The number of para-hydroxylation sites is 1. The molecule has 0 aromatic heterocycles. The third-order valence-electron chi connectivity index (χ3n) is 4.85. The summed E-state index contributed by atoms with van der Waals surface area (Å²) in [5, 5.41) is 5.63. The Hall–Kier alpha value is -3.06. The van der Waals surface area contributed by atoms with Gasteiger partial charge in [-0.2, -0.15) is 0 Å². The van der Waals surface area contributed by atoms with E-state index in [0.717, 1.165) is 31.7 Å². The van der Waals surface area contributed by atoms with Crippen LogP contribution in [0.2, 0.25) is 0 Å². The maximum atomic E-state index is 12.4. The molecule has 0 bridgehead atoms. The van der Waals surface area contributed by atoms with Gasteiger partial charge in [0, 0.05) is 24.8 Å². The molecule has 2 aromatic carbocycles. The molecule has 2 heterocycles. The van der Waals surface area contributed by atoms with Gasteiger partial charge >= 0.3 is 0 Å². The molecule has 1 saturated heterocycles. The van der Waals surface area contributed by atoms with E-state index >= 15 is 0 Å². The van der Waals surface area contributed by atoms with Gasteiger partial charge in [-0.15, -0.1) is 0 Å². The Morgan fingerprint density at radius 3 is 2.75 bits per heavy atom. The number of rotatable bonds is 5. The highest BCUT2D eigenvalue weighted by atomic mass is 16.5. The number of hydrogen-bond acceptors (Lipinski definition) is 5. The summed E-state index contributed by atoms with van der Waals surface area (Å²) in [6.07, 6.45) is 1.98. The summed E-state index contributed by atoms with van der Waals surface area (Å²) < 4.78 is 11.4. The summed E-state index contributed by atoms with van der Waals surface area (Å²) in [4.78, 5) is 25.8. The number of hydrogen-bond donors (Lipinski definition) is 2. The standard InChI is InChI=1S/C21H23N3O4/c25-20(22-15-6-7-18-19(12-15)27-14-21(26)23-18)13-24-10-8-17(9-11-24)28-16-4-2-1-3-5-16/h1-7,12,17H,8-11,13-14H2,(H,22,25)(H,23,26). The minimum absolute atomic E-state index is 0.00953. The molecule has 7 nitrogen and oxygen atoms in total. The van der Waals surface area contributed by atoms with Crippen LogP contribution in [0.3, 0.4) is 0 Å². The number of piperidine rings is 1. The number of ether oxygens (including phenoxy) is 2. The summed E-state index contributed by atoms with van der Waals surface area (Å²) in [7, 11) is 0. The van der Waals surface area contributed by atoms with Gasteiger partial charge < -0.3 is 20.1 Å². The summed E-state index contributed by atoms with van der Waals surface area (Å²) >= 11 is 0. The van der Waals surface area contributed by atoms with Crippen molar-refractivity contribution in [3.63, 3.8) is 0 Å². The molecule has 2 N–H and O–H groups in total. The maximum Gasteiger partial charge on any atom is 0.262 e. The summed E-state index contributed by atoms with van der Waals surface area (Å²) in [5.74, 6) is 1.21. The van der Waals surface area contributed by atoms with E-state index in [1.165, 1.54) is 0 Å². The van der Waals surface area contributed by atoms with Crippen molar-refractivity contribution in [2.45, 2.75) is 18.9 Å². The van der Waals surface area contributed by atoms with Crippen LogP contribution in [0, 0.1) is 0 Å². The summed E-state index contributed by atoms with van der Waals surface area (Å²) in [6, 6.07) is 15.1. The van der Waals surface area contributed by atoms with E-state index in [9.17, 15) is 9.59 Å². The van der Waals surface area contributed by atoms with E-state index in [2.05, 4.69) is 15.5 Å². The first-order valence-corrected chi connectivity index (χ1v) is 9.46. The van der Waals surface area contributed by atoms with E-state index in [1.807, 2.05) is 30.3 Å². The largest absolute Gasteiger partial charge is 0.490 e. The number of anilines is 2. The number of amides is 2.